The molecule has 1 aliphatic rings. The molecule has 4 N–H and O–H groups in total. The molecule has 1 aliphatic carbocycles. The predicted octanol–water partition coefficient (Wildman–Crippen LogP) is 1.23. The average Bonchev–Trinajstić information content (AvgIpc) is 2.46. The Labute approximate surface area is 127 Å². The number of primary sulfonamides is 1. The fraction of sp³-hybridized carbons (Fsp3) is 0.286. The van der Waals surface area contributed by atoms with Gasteiger partial charge in [0, 0.05) is 16.8 Å². The first-order chi connectivity index (χ1) is 10.3. The third-order valence-corrected chi connectivity index (χ3v) is 4.37. The molecule has 0 saturated carbocycles. The Morgan fingerprint density at radius 3 is 2.09 bits per heavy atom. The Morgan fingerprint density at radius 1 is 1.05 bits per heavy atom. The van der Waals surface area contributed by atoms with Crippen molar-refractivity contribution in [2.45, 2.75) is 30.6 Å². The van der Waals surface area contributed by atoms with Crippen LogP contribution < -0.4 is 10.5 Å². The fourth-order valence-electron chi connectivity index (χ4n) is 2.33. The SMILES string of the molecule is NS(=O)(=O)c1ccc(NC(=O)C2=C(C(=O)O)CCCC2)cc1. The smallest absolute Gasteiger partial charge is 0.332 e. The molecule has 8 heteroatoms. The second kappa shape index (κ2) is 6.29. The van der Waals surface area contributed by atoms with E-state index in [0.29, 0.717) is 18.5 Å². The van der Waals surface area contributed by atoms with Gasteiger partial charge in [-0.3, -0.25) is 4.79 Å². The lowest BCUT2D eigenvalue weighted by molar-refractivity contribution is -0.133. The van der Waals surface area contributed by atoms with Gasteiger partial charge in [0.2, 0.25) is 10.0 Å². The van der Waals surface area contributed by atoms with Crippen LogP contribution in [-0.4, -0.2) is 25.4 Å². The topological polar surface area (TPSA) is 127 Å². The molecule has 0 heterocycles. The summed E-state index contributed by atoms with van der Waals surface area (Å²) in [6.45, 7) is 0. The van der Waals surface area contributed by atoms with Gasteiger partial charge in [0.15, 0.2) is 0 Å². The van der Waals surface area contributed by atoms with Gasteiger partial charge in [0.25, 0.3) is 5.91 Å². The van der Waals surface area contributed by atoms with Gasteiger partial charge >= 0.3 is 5.97 Å². The van der Waals surface area contributed by atoms with E-state index in [-0.39, 0.29) is 16.0 Å². The molecule has 0 fully saturated rings. The van der Waals surface area contributed by atoms with Crippen molar-refractivity contribution < 1.29 is 23.1 Å². The van der Waals surface area contributed by atoms with Crippen LogP contribution in [0.3, 0.4) is 0 Å². The lowest BCUT2D eigenvalue weighted by atomic mass is 9.91. The van der Waals surface area contributed by atoms with Crippen LogP contribution in [0.4, 0.5) is 5.69 Å². The molecule has 0 radical (unpaired) electrons. The lowest BCUT2D eigenvalue weighted by Crippen LogP contribution is -2.21. The number of sulfonamides is 1. The fourth-order valence-corrected chi connectivity index (χ4v) is 2.84. The van der Waals surface area contributed by atoms with Gasteiger partial charge in [-0.1, -0.05) is 0 Å². The van der Waals surface area contributed by atoms with E-state index >= 15 is 0 Å². The molecule has 1 aromatic carbocycles. The van der Waals surface area contributed by atoms with Crippen molar-refractivity contribution in [3.05, 3.63) is 35.4 Å². The number of hydrogen-bond acceptors (Lipinski definition) is 4. The molecule has 0 atom stereocenters. The van der Waals surface area contributed by atoms with Crippen LogP contribution in [0.15, 0.2) is 40.3 Å². The summed E-state index contributed by atoms with van der Waals surface area (Å²) in [5.74, 6) is -1.55. The Balaban J connectivity index is 2.20. The van der Waals surface area contributed by atoms with Gasteiger partial charge in [-0.2, -0.15) is 0 Å². The maximum Gasteiger partial charge on any atom is 0.332 e. The highest BCUT2D eigenvalue weighted by molar-refractivity contribution is 7.89. The highest BCUT2D eigenvalue weighted by Crippen LogP contribution is 2.26. The highest BCUT2D eigenvalue weighted by atomic mass is 32.2. The molecule has 22 heavy (non-hydrogen) atoms. The van der Waals surface area contributed by atoms with Crippen molar-refractivity contribution in [3.8, 4) is 0 Å². The molecule has 1 aromatic rings. The van der Waals surface area contributed by atoms with Crippen molar-refractivity contribution in [2.24, 2.45) is 5.14 Å². The standard InChI is InChI=1S/C14H16N2O5S/c15-22(20,21)10-7-5-9(6-8-10)16-13(17)11-3-1-2-4-12(11)14(18)19/h5-8H,1-4H2,(H,16,17)(H,18,19)(H2,15,20,21). The predicted molar refractivity (Wildman–Crippen MR) is 79.6 cm³/mol. The molecule has 0 bridgehead atoms. The van der Waals surface area contributed by atoms with Crippen molar-refractivity contribution in [2.75, 3.05) is 5.32 Å². The summed E-state index contributed by atoms with van der Waals surface area (Å²) < 4.78 is 22.3. The first-order valence-electron chi connectivity index (χ1n) is 6.68. The number of carboxylic acid groups (broad SMARTS) is 1. The zero-order valence-corrected chi connectivity index (χ0v) is 12.5. The number of carbonyl (C=O) groups excluding carboxylic acids is 1. The molecule has 0 aromatic heterocycles. The quantitative estimate of drug-likeness (QED) is 0.767. The van der Waals surface area contributed by atoms with Crippen molar-refractivity contribution in [1.29, 1.82) is 0 Å². The first-order valence-corrected chi connectivity index (χ1v) is 8.23. The summed E-state index contributed by atoms with van der Waals surface area (Å²) in [5, 5.41) is 16.7. The minimum Gasteiger partial charge on any atom is -0.478 e. The Morgan fingerprint density at radius 2 is 1.59 bits per heavy atom. The normalized spacial score (nSPS) is 15.5. The van der Waals surface area contributed by atoms with Gasteiger partial charge in [0.1, 0.15) is 0 Å². The molecule has 2 rings (SSSR count). The van der Waals surface area contributed by atoms with Crippen molar-refractivity contribution in [1.82, 2.24) is 0 Å². The van der Waals surface area contributed by atoms with Gasteiger partial charge in [-0.05, 0) is 49.9 Å². The maximum atomic E-state index is 12.2. The van der Waals surface area contributed by atoms with Crippen LogP contribution in [0.25, 0.3) is 0 Å². The lowest BCUT2D eigenvalue weighted by Gasteiger charge is -2.17. The molecule has 0 aliphatic heterocycles. The number of nitrogens with one attached hydrogen (secondary N) is 1. The number of hydrogen-bond donors (Lipinski definition) is 3. The van der Waals surface area contributed by atoms with Crippen LogP contribution in [-0.2, 0) is 19.6 Å². The number of carbonyl (C=O) groups is 2. The summed E-state index contributed by atoms with van der Waals surface area (Å²) >= 11 is 0. The highest BCUT2D eigenvalue weighted by Gasteiger charge is 2.23. The molecule has 7 nitrogen and oxygen atoms in total. The van der Waals surface area contributed by atoms with E-state index in [1.54, 1.807) is 0 Å². The molecule has 0 spiro atoms. The van der Waals surface area contributed by atoms with Crippen LogP contribution in [0.2, 0.25) is 0 Å². The number of anilines is 1. The van der Waals surface area contributed by atoms with E-state index < -0.39 is 21.9 Å². The summed E-state index contributed by atoms with van der Waals surface area (Å²) in [6, 6.07) is 5.36. The Bertz CT molecular complexity index is 735. The first kappa shape index (κ1) is 16.2. The second-order valence-corrected chi connectivity index (χ2v) is 6.55. The van der Waals surface area contributed by atoms with Gasteiger partial charge < -0.3 is 10.4 Å². The number of aliphatic carboxylic acids is 1. The zero-order chi connectivity index (χ0) is 16.3. The number of benzene rings is 1. The molecule has 0 unspecified atom stereocenters. The number of nitrogens with two attached hydrogens (primary N) is 1. The Kier molecular flexibility index (Phi) is 4.62. The molecule has 118 valence electrons. The minimum absolute atomic E-state index is 0.0615. The number of rotatable bonds is 4. The van der Waals surface area contributed by atoms with Crippen LogP contribution in [0, 0.1) is 0 Å². The molecule has 0 saturated heterocycles. The number of carboxylic acids is 1. The average molecular weight is 324 g/mol. The van der Waals surface area contributed by atoms with Crippen molar-refractivity contribution >= 4 is 27.6 Å². The van der Waals surface area contributed by atoms with Gasteiger partial charge in [-0.25, -0.2) is 18.4 Å². The van der Waals surface area contributed by atoms with Crippen LogP contribution >= 0.6 is 0 Å². The van der Waals surface area contributed by atoms with E-state index in [9.17, 15) is 18.0 Å². The molecule has 1 amide bonds. The molecular formula is C14H16N2O5S. The van der Waals surface area contributed by atoms with Gasteiger partial charge in [-0.15, -0.1) is 0 Å². The van der Waals surface area contributed by atoms with Crippen molar-refractivity contribution in [3.63, 3.8) is 0 Å². The third kappa shape index (κ3) is 3.71. The van der Waals surface area contributed by atoms with E-state index in [4.69, 9.17) is 10.2 Å². The monoisotopic (exact) mass is 324 g/mol. The Hall–Kier alpha value is -2.19. The van der Waals surface area contributed by atoms with E-state index in [2.05, 4.69) is 5.32 Å². The largest absolute Gasteiger partial charge is 0.478 e. The number of amides is 1. The summed E-state index contributed by atoms with van der Waals surface area (Å²) in [6.07, 6.45) is 2.32. The van der Waals surface area contributed by atoms with Crippen LogP contribution in [0.1, 0.15) is 25.7 Å². The van der Waals surface area contributed by atoms with Crippen LogP contribution in [0.5, 0.6) is 0 Å². The zero-order valence-electron chi connectivity index (χ0n) is 11.7. The summed E-state index contributed by atoms with van der Waals surface area (Å²) in [5.41, 5.74) is 0.791. The molecular weight excluding hydrogens is 308 g/mol. The van der Waals surface area contributed by atoms with E-state index in [1.165, 1.54) is 24.3 Å². The second-order valence-electron chi connectivity index (χ2n) is 4.99. The van der Waals surface area contributed by atoms with E-state index in [0.717, 1.165) is 12.8 Å². The third-order valence-electron chi connectivity index (χ3n) is 3.44. The summed E-state index contributed by atoms with van der Waals surface area (Å²) in [4.78, 5) is 23.3. The van der Waals surface area contributed by atoms with Gasteiger partial charge in [0.05, 0.1) is 4.90 Å². The van der Waals surface area contributed by atoms with E-state index in [1.807, 2.05) is 0 Å². The minimum atomic E-state index is -3.79. The maximum absolute atomic E-state index is 12.2. The summed E-state index contributed by atoms with van der Waals surface area (Å²) in [7, 11) is -3.79.